The van der Waals surface area contributed by atoms with Crippen molar-refractivity contribution in [3.63, 3.8) is 0 Å². The van der Waals surface area contributed by atoms with Crippen molar-refractivity contribution in [2.24, 2.45) is 0 Å². The largest absolute Gasteiger partial charge is 0.478 e. The van der Waals surface area contributed by atoms with E-state index < -0.39 is 11.9 Å². The first-order valence-electron chi connectivity index (χ1n) is 5.08. The average molecular weight is 252 g/mol. The van der Waals surface area contributed by atoms with E-state index in [0.717, 1.165) is 0 Å². The maximum atomic E-state index is 11.5. The van der Waals surface area contributed by atoms with Gasteiger partial charge in [-0.3, -0.25) is 4.79 Å². The molecule has 0 bridgehead atoms. The highest BCUT2D eigenvalue weighted by Gasteiger charge is 2.14. The van der Waals surface area contributed by atoms with E-state index >= 15 is 0 Å². The molecule has 0 amide bonds. The number of methoxy groups -OCH3 is 1. The van der Waals surface area contributed by atoms with Crippen LogP contribution in [-0.4, -0.2) is 43.7 Å². The molecule has 96 valence electrons. The van der Waals surface area contributed by atoms with Gasteiger partial charge < -0.3 is 14.6 Å². The van der Waals surface area contributed by atoms with Crippen molar-refractivity contribution in [2.75, 3.05) is 20.3 Å². The molecule has 0 atom stereocenters. The van der Waals surface area contributed by atoms with Crippen molar-refractivity contribution in [2.45, 2.75) is 0 Å². The van der Waals surface area contributed by atoms with Gasteiger partial charge in [0.05, 0.1) is 17.7 Å². The van der Waals surface area contributed by atoms with Gasteiger partial charge in [-0.05, 0) is 18.2 Å². The maximum absolute atomic E-state index is 11.5. The number of carboxylic acids is 1. The molecule has 0 saturated heterocycles. The molecule has 0 unspecified atom stereocenters. The summed E-state index contributed by atoms with van der Waals surface area (Å²) in [5.41, 5.74) is -0.0969. The van der Waals surface area contributed by atoms with Gasteiger partial charge in [-0.2, -0.15) is 0 Å². The number of ether oxygens (including phenoxy) is 2. The standard InChI is InChI=1S/C12H12O6/c1-17-4-5-18-12(16)8-2-3-10(11(14)15)9(6-8)7-13/h2-3,6-7H,4-5H2,1H3,(H,14,15). The normalized spacial score (nSPS) is 9.83. The van der Waals surface area contributed by atoms with E-state index in [9.17, 15) is 14.4 Å². The van der Waals surface area contributed by atoms with Crippen molar-refractivity contribution in [3.8, 4) is 0 Å². The molecule has 0 aliphatic rings. The van der Waals surface area contributed by atoms with Gasteiger partial charge in [0.1, 0.15) is 6.61 Å². The van der Waals surface area contributed by atoms with Gasteiger partial charge in [0.15, 0.2) is 6.29 Å². The number of hydrogen-bond acceptors (Lipinski definition) is 5. The first-order valence-corrected chi connectivity index (χ1v) is 5.08. The monoisotopic (exact) mass is 252 g/mol. The number of aldehydes is 1. The minimum atomic E-state index is -1.23. The Morgan fingerprint density at radius 3 is 2.61 bits per heavy atom. The quantitative estimate of drug-likeness (QED) is 0.461. The molecule has 0 heterocycles. The molecule has 1 aromatic rings. The van der Waals surface area contributed by atoms with Crippen LogP contribution in [0, 0.1) is 0 Å². The molecule has 6 nitrogen and oxygen atoms in total. The number of aromatic carboxylic acids is 1. The van der Waals surface area contributed by atoms with Crippen molar-refractivity contribution >= 4 is 18.2 Å². The Labute approximate surface area is 103 Å². The average Bonchev–Trinajstić information content (AvgIpc) is 2.37. The van der Waals surface area contributed by atoms with Crippen molar-refractivity contribution in [1.29, 1.82) is 0 Å². The van der Waals surface area contributed by atoms with Gasteiger partial charge in [-0.15, -0.1) is 0 Å². The Morgan fingerprint density at radius 1 is 1.33 bits per heavy atom. The molecule has 0 aromatic heterocycles. The summed E-state index contributed by atoms with van der Waals surface area (Å²) in [4.78, 5) is 33.0. The molecular weight excluding hydrogens is 240 g/mol. The Balaban J connectivity index is 2.88. The predicted molar refractivity (Wildman–Crippen MR) is 60.9 cm³/mol. The molecule has 1 aromatic carbocycles. The fourth-order valence-electron chi connectivity index (χ4n) is 1.28. The Kier molecular flexibility index (Phi) is 5.01. The minimum Gasteiger partial charge on any atom is -0.478 e. The summed E-state index contributed by atoms with van der Waals surface area (Å²) >= 11 is 0. The van der Waals surface area contributed by atoms with Crippen LogP contribution in [0.2, 0.25) is 0 Å². The van der Waals surface area contributed by atoms with E-state index in [1.807, 2.05) is 0 Å². The van der Waals surface area contributed by atoms with Crippen molar-refractivity contribution in [3.05, 3.63) is 34.9 Å². The zero-order valence-electron chi connectivity index (χ0n) is 9.71. The molecule has 0 aliphatic carbocycles. The Bertz CT molecular complexity index is 466. The van der Waals surface area contributed by atoms with Gasteiger partial charge in [0.2, 0.25) is 0 Å². The molecule has 1 rings (SSSR count). The lowest BCUT2D eigenvalue weighted by molar-refractivity contribution is 0.0387. The second-order valence-electron chi connectivity index (χ2n) is 3.35. The van der Waals surface area contributed by atoms with Crippen LogP contribution in [0.5, 0.6) is 0 Å². The topological polar surface area (TPSA) is 89.9 Å². The highest BCUT2D eigenvalue weighted by molar-refractivity contribution is 6.00. The summed E-state index contributed by atoms with van der Waals surface area (Å²) in [5.74, 6) is -1.86. The third kappa shape index (κ3) is 3.39. The molecule has 18 heavy (non-hydrogen) atoms. The second-order valence-corrected chi connectivity index (χ2v) is 3.35. The Hall–Kier alpha value is -2.21. The van der Waals surface area contributed by atoms with E-state index in [2.05, 4.69) is 0 Å². The van der Waals surface area contributed by atoms with Gasteiger partial charge >= 0.3 is 11.9 Å². The third-order valence-electron chi connectivity index (χ3n) is 2.17. The molecule has 0 aliphatic heterocycles. The third-order valence-corrected chi connectivity index (χ3v) is 2.17. The first kappa shape index (κ1) is 13.9. The highest BCUT2D eigenvalue weighted by Crippen LogP contribution is 2.11. The highest BCUT2D eigenvalue weighted by atomic mass is 16.6. The summed E-state index contributed by atoms with van der Waals surface area (Å²) in [7, 11) is 1.47. The number of esters is 1. The number of hydrogen-bond donors (Lipinski definition) is 1. The van der Waals surface area contributed by atoms with Gasteiger partial charge in [-0.25, -0.2) is 9.59 Å². The number of benzene rings is 1. The zero-order chi connectivity index (χ0) is 13.5. The van der Waals surface area contributed by atoms with Crippen LogP contribution in [0.1, 0.15) is 31.1 Å². The lowest BCUT2D eigenvalue weighted by Gasteiger charge is -2.05. The number of carboxylic acid groups (broad SMARTS) is 1. The first-order chi connectivity index (χ1) is 8.60. The number of rotatable bonds is 6. The van der Waals surface area contributed by atoms with Crippen molar-refractivity contribution in [1.82, 2.24) is 0 Å². The van der Waals surface area contributed by atoms with E-state index in [1.54, 1.807) is 0 Å². The molecule has 0 spiro atoms. The second kappa shape index (κ2) is 6.51. The van der Waals surface area contributed by atoms with E-state index in [0.29, 0.717) is 6.29 Å². The molecule has 0 fully saturated rings. The van der Waals surface area contributed by atoms with E-state index in [1.165, 1.54) is 25.3 Å². The lowest BCUT2D eigenvalue weighted by atomic mass is 10.1. The summed E-state index contributed by atoms with van der Waals surface area (Å²) in [6.07, 6.45) is 0.384. The molecular formula is C12H12O6. The fourth-order valence-corrected chi connectivity index (χ4v) is 1.28. The van der Waals surface area contributed by atoms with E-state index in [4.69, 9.17) is 14.6 Å². The lowest BCUT2D eigenvalue weighted by Crippen LogP contribution is -2.11. The van der Waals surface area contributed by atoms with Gasteiger partial charge in [-0.1, -0.05) is 0 Å². The molecule has 1 N–H and O–H groups in total. The van der Waals surface area contributed by atoms with Crippen LogP contribution in [0.25, 0.3) is 0 Å². The summed E-state index contributed by atoms with van der Waals surface area (Å²) in [6, 6.07) is 3.68. The SMILES string of the molecule is COCCOC(=O)c1ccc(C(=O)O)c(C=O)c1. The number of carbonyl (C=O) groups excluding carboxylic acids is 2. The van der Waals surface area contributed by atoms with E-state index in [-0.39, 0.29) is 29.9 Å². The fraction of sp³-hybridized carbons (Fsp3) is 0.250. The molecule has 0 radical (unpaired) electrons. The van der Waals surface area contributed by atoms with Crippen molar-refractivity contribution < 1.29 is 29.0 Å². The maximum Gasteiger partial charge on any atom is 0.338 e. The zero-order valence-corrected chi connectivity index (χ0v) is 9.71. The van der Waals surface area contributed by atoms with Crippen LogP contribution < -0.4 is 0 Å². The summed E-state index contributed by atoms with van der Waals surface area (Å²) < 4.78 is 9.55. The molecule has 0 saturated carbocycles. The minimum absolute atomic E-state index is 0.0660. The van der Waals surface area contributed by atoms with Crippen LogP contribution >= 0.6 is 0 Å². The van der Waals surface area contributed by atoms with Gasteiger partial charge in [0.25, 0.3) is 0 Å². The van der Waals surface area contributed by atoms with Gasteiger partial charge in [0, 0.05) is 12.7 Å². The van der Waals surface area contributed by atoms with Crippen LogP contribution in [0.15, 0.2) is 18.2 Å². The Morgan fingerprint density at radius 2 is 2.06 bits per heavy atom. The van der Waals surface area contributed by atoms with Crippen LogP contribution in [0.3, 0.4) is 0 Å². The molecule has 6 heteroatoms. The van der Waals surface area contributed by atoms with Crippen LogP contribution in [0.4, 0.5) is 0 Å². The van der Waals surface area contributed by atoms with Crippen LogP contribution in [-0.2, 0) is 9.47 Å². The summed E-state index contributed by atoms with van der Waals surface area (Å²) in [6.45, 7) is 0.353. The summed E-state index contributed by atoms with van der Waals surface area (Å²) in [5, 5.41) is 8.81. The number of carbonyl (C=O) groups is 3. The predicted octanol–water partition coefficient (Wildman–Crippen LogP) is 1.00. The smallest absolute Gasteiger partial charge is 0.338 e.